The van der Waals surface area contributed by atoms with E-state index in [0.29, 0.717) is 16.5 Å². The number of rotatable bonds is 5. The molecule has 0 unspecified atom stereocenters. The minimum Gasteiger partial charge on any atom is -0.351 e. The van der Waals surface area contributed by atoms with Crippen molar-refractivity contribution in [3.05, 3.63) is 35.4 Å². The van der Waals surface area contributed by atoms with Crippen molar-refractivity contribution < 1.29 is 13.2 Å². The van der Waals surface area contributed by atoms with Crippen LogP contribution >= 0.6 is 0 Å². The van der Waals surface area contributed by atoms with Gasteiger partial charge in [0, 0.05) is 18.4 Å². The molecule has 4 bridgehead atoms. The van der Waals surface area contributed by atoms with Crippen LogP contribution in [0.3, 0.4) is 0 Å². The monoisotopic (exact) mass is 361 g/mol. The first-order valence-corrected chi connectivity index (χ1v) is 11.4. The molecule has 136 valence electrons. The maximum atomic E-state index is 12.6. The molecule has 0 saturated heterocycles. The maximum Gasteiger partial charge on any atom is 0.251 e. The van der Waals surface area contributed by atoms with Crippen LogP contribution in [0, 0.1) is 23.2 Å². The molecule has 4 saturated carbocycles. The summed E-state index contributed by atoms with van der Waals surface area (Å²) in [5, 5.41) is 3.16. The summed E-state index contributed by atoms with van der Waals surface area (Å²) in [6.45, 7) is 0.769. The average Bonchev–Trinajstić information content (AvgIpc) is 2.50. The second kappa shape index (κ2) is 6.11. The fourth-order valence-corrected chi connectivity index (χ4v) is 6.77. The first-order valence-electron chi connectivity index (χ1n) is 9.35. The first kappa shape index (κ1) is 17.1. The normalized spacial score (nSPS) is 33.4. The lowest BCUT2D eigenvalue weighted by molar-refractivity contribution is -0.0503. The fraction of sp³-hybridized carbons (Fsp3) is 0.650. The second-order valence-corrected chi connectivity index (χ2v) is 11.0. The van der Waals surface area contributed by atoms with E-state index in [1.165, 1.54) is 44.8 Å². The molecule has 25 heavy (non-hydrogen) atoms. The molecule has 0 atom stereocenters. The topological polar surface area (TPSA) is 63.2 Å². The van der Waals surface area contributed by atoms with Gasteiger partial charge in [0.25, 0.3) is 5.91 Å². The van der Waals surface area contributed by atoms with Crippen LogP contribution in [-0.2, 0) is 15.6 Å². The van der Waals surface area contributed by atoms with E-state index < -0.39 is 9.84 Å². The number of carbonyl (C=O) groups is 1. The lowest BCUT2D eigenvalue weighted by Crippen LogP contribution is -2.51. The number of hydrogen-bond acceptors (Lipinski definition) is 3. The Balaban J connectivity index is 1.42. The van der Waals surface area contributed by atoms with E-state index in [1.807, 2.05) is 0 Å². The predicted molar refractivity (Wildman–Crippen MR) is 97.9 cm³/mol. The Labute approximate surface area is 150 Å². The number of carbonyl (C=O) groups excluding carboxylic acids is 1. The summed E-state index contributed by atoms with van der Waals surface area (Å²) in [5.41, 5.74) is 1.55. The van der Waals surface area contributed by atoms with E-state index in [-0.39, 0.29) is 11.7 Å². The molecule has 1 aromatic rings. The standard InChI is InChI=1S/C20H27NO3S/c1-25(23,24)12-14-3-2-4-18(8-14)19(22)21-13-20-9-15-5-16(10-20)7-17(6-15)11-20/h2-4,8,15-17H,5-7,9-13H2,1H3,(H,21,22). The van der Waals surface area contributed by atoms with Gasteiger partial charge in [-0.25, -0.2) is 8.42 Å². The lowest BCUT2D eigenvalue weighted by atomic mass is 9.49. The third-order valence-corrected chi connectivity index (χ3v) is 7.26. The van der Waals surface area contributed by atoms with Gasteiger partial charge < -0.3 is 5.32 Å². The molecule has 1 amide bonds. The van der Waals surface area contributed by atoms with Crippen LogP contribution in [0.5, 0.6) is 0 Å². The van der Waals surface area contributed by atoms with E-state index in [4.69, 9.17) is 0 Å². The van der Waals surface area contributed by atoms with Gasteiger partial charge in [0.05, 0.1) is 5.75 Å². The van der Waals surface area contributed by atoms with Crippen molar-refractivity contribution in [2.24, 2.45) is 23.2 Å². The summed E-state index contributed by atoms with van der Waals surface area (Å²) in [5.74, 6) is 2.53. The highest BCUT2D eigenvalue weighted by molar-refractivity contribution is 7.89. The Morgan fingerprint density at radius 2 is 1.72 bits per heavy atom. The molecule has 0 radical (unpaired) electrons. The van der Waals surface area contributed by atoms with Crippen molar-refractivity contribution in [3.63, 3.8) is 0 Å². The van der Waals surface area contributed by atoms with Gasteiger partial charge in [0.1, 0.15) is 0 Å². The van der Waals surface area contributed by atoms with Crippen LogP contribution in [0.25, 0.3) is 0 Å². The zero-order valence-electron chi connectivity index (χ0n) is 14.8. The first-order chi connectivity index (χ1) is 11.8. The minimum atomic E-state index is -3.09. The number of amides is 1. The van der Waals surface area contributed by atoms with Crippen molar-refractivity contribution in [2.75, 3.05) is 12.8 Å². The summed E-state index contributed by atoms with van der Waals surface area (Å²) >= 11 is 0. The third-order valence-electron chi connectivity index (χ3n) is 6.41. The molecule has 1 N–H and O–H groups in total. The molecule has 4 nitrogen and oxygen atoms in total. The fourth-order valence-electron chi connectivity index (χ4n) is 5.98. The minimum absolute atomic E-state index is 0.0247. The SMILES string of the molecule is CS(=O)(=O)Cc1cccc(C(=O)NCC23CC4CC(CC(C4)C2)C3)c1. The van der Waals surface area contributed by atoms with Gasteiger partial charge in [0.15, 0.2) is 9.84 Å². The molecule has 0 spiro atoms. The molecule has 4 fully saturated rings. The summed E-state index contributed by atoms with van der Waals surface area (Å²) in [6, 6.07) is 6.99. The maximum absolute atomic E-state index is 12.6. The predicted octanol–water partition coefficient (Wildman–Crippen LogP) is 3.18. The Morgan fingerprint density at radius 1 is 1.12 bits per heavy atom. The van der Waals surface area contributed by atoms with E-state index in [1.54, 1.807) is 24.3 Å². The van der Waals surface area contributed by atoms with Crippen LogP contribution < -0.4 is 5.32 Å². The van der Waals surface area contributed by atoms with Gasteiger partial charge in [-0.2, -0.15) is 0 Å². The Kier molecular flexibility index (Phi) is 4.18. The smallest absolute Gasteiger partial charge is 0.251 e. The molecule has 0 aromatic heterocycles. The average molecular weight is 362 g/mol. The third kappa shape index (κ3) is 3.76. The number of sulfone groups is 1. The van der Waals surface area contributed by atoms with Crippen LogP contribution in [-0.4, -0.2) is 27.1 Å². The molecule has 5 heteroatoms. The molecule has 1 aromatic carbocycles. The zero-order valence-corrected chi connectivity index (χ0v) is 15.6. The zero-order chi connectivity index (χ0) is 17.7. The van der Waals surface area contributed by atoms with E-state index in [0.717, 1.165) is 24.3 Å². The lowest BCUT2D eigenvalue weighted by Gasteiger charge is -2.56. The summed E-state index contributed by atoms with van der Waals surface area (Å²) in [4.78, 5) is 12.6. The van der Waals surface area contributed by atoms with Crippen molar-refractivity contribution in [1.29, 1.82) is 0 Å². The summed E-state index contributed by atoms with van der Waals surface area (Å²) in [6.07, 6.45) is 9.24. The van der Waals surface area contributed by atoms with Gasteiger partial charge in [-0.3, -0.25) is 4.79 Å². The highest BCUT2D eigenvalue weighted by Crippen LogP contribution is 2.59. The van der Waals surface area contributed by atoms with E-state index in [9.17, 15) is 13.2 Å². The molecular weight excluding hydrogens is 334 g/mol. The van der Waals surface area contributed by atoms with Crippen molar-refractivity contribution >= 4 is 15.7 Å². The van der Waals surface area contributed by atoms with Gasteiger partial charge in [-0.1, -0.05) is 12.1 Å². The summed E-state index contributed by atoms with van der Waals surface area (Å²) in [7, 11) is -3.09. The highest BCUT2D eigenvalue weighted by Gasteiger charge is 2.50. The van der Waals surface area contributed by atoms with Gasteiger partial charge in [-0.15, -0.1) is 0 Å². The van der Waals surface area contributed by atoms with Gasteiger partial charge in [0.2, 0.25) is 0 Å². The Morgan fingerprint density at radius 3 is 2.28 bits per heavy atom. The molecule has 4 aliphatic carbocycles. The van der Waals surface area contributed by atoms with Crippen LogP contribution in [0.2, 0.25) is 0 Å². The molecule has 0 aliphatic heterocycles. The summed E-state index contributed by atoms with van der Waals surface area (Å²) < 4.78 is 22.9. The Bertz CT molecular complexity index is 749. The van der Waals surface area contributed by atoms with E-state index >= 15 is 0 Å². The Hall–Kier alpha value is -1.36. The van der Waals surface area contributed by atoms with Crippen LogP contribution in [0.15, 0.2) is 24.3 Å². The molecule has 4 aliphatic rings. The van der Waals surface area contributed by atoms with Crippen molar-refractivity contribution in [3.8, 4) is 0 Å². The van der Waals surface area contributed by atoms with Gasteiger partial charge >= 0.3 is 0 Å². The number of nitrogens with one attached hydrogen (secondary N) is 1. The van der Waals surface area contributed by atoms with Crippen LogP contribution in [0.4, 0.5) is 0 Å². The van der Waals surface area contributed by atoms with E-state index in [2.05, 4.69) is 5.32 Å². The number of benzene rings is 1. The van der Waals surface area contributed by atoms with Crippen molar-refractivity contribution in [2.45, 2.75) is 44.3 Å². The quantitative estimate of drug-likeness (QED) is 0.876. The van der Waals surface area contributed by atoms with Gasteiger partial charge in [-0.05, 0) is 79.4 Å². The highest BCUT2D eigenvalue weighted by atomic mass is 32.2. The number of hydrogen-bond donors (Lipinski definition) is 1. The second-order valence-electron chi connectivity index (χ2n) is 8.87. The molecule has 5 rings (SSSR count). The molecular formula is C20H27NO3S. The van der Waals surface area contributed by atoms with Crippen molar-refractivity contribution in [1.82, 2.24) is 5.32 Å². The largest absolute Gasteiger partial charge is 0.351 e. The molecule has 0 heterocycles. The van der Waals surface area contributed by atoms with Crippen LogP contribution in [0.1, 0.15) is 54.4 Å².